The number of carbonyl (C=O) groups excluding carboxylic acids is 3. The second-order valence-corrected chi connectivity index (χ2v) is 13.6. The SMILES string of the molecule is COc1ccc(N2C(=O)C3Sc4c(sc(=O)n4CC(=O)Nc4ccc5ccccc5c4)[C@H](c4ccc(N(C)C)cc4)C3C2=O)cc1. The van der Waals surface area contributed by atoms with Crippen molar-refractivity contribution in [2.24, 2.45) is 5.92 Å². The van der Waals surface area contributed by atoms with Crippen LogP contribution in [0.3, 0.4) is 0 Å². The van der Waals surface area contributed by atoms with E-state index in [2.05, 4.69) is 5.32 Å². The van der Waals surface area contributed by atoms with Crippen LogP contribution in [-0.2, 0) is 20.9 Å². The van der Waals surface area contributed by atoms with Gasteiger partial charge in [0.15, 0.2) is 0 Å². The van der Waals surface area contributed by atoms with Gasteiger partial charge in [-0.05, 0) is 64.9 Å². The highest BCUT2D eigenvalue weighted by Crippen LogP contribution is 2.54. The lowest BCUT2D eigenvalue weighted by atomic mass is 9.83. The molecule has 0 bridgehead atoms. The van der Waals surface area contributed by atoms with Crippen molar-refractivity contribution in [2.45, 2.75) is 22.7 Å². The fourth-order valence-corrected chi connectivity index (χ4v) is 8.96. The Kier molecular flexibility index (Phi) is 7.66. The molecule has 0 radical (unpaired) electrons. The monoisotopic (exact) mass is 650 g/mol. The number of hydrogen-bond donors (Lipinski definition) is 1. The van der Waals surface area contributed by atoms with Crippen LogP contribution in [0.25, 0.3) is 10.8 Å². The molecule has 1 saturated heterocycles. The predicted molar refractivity (Wildman–Crippen MR) is 182 cm³/mol. The number of benzene rings is 4. The molecule has 5 aromatic rings. The summed E-state index contributed by atoms with van der Waals surface area (Å²) in [5, 5.41) is 4.73. The van der Waals surface area contributed by atoms with Gasteiger partial charge in [0.1, 0.15) is 17.5 Å². The number of anilines is 3. The molecule has 1 aromatic heterocycles. The van der Waals surface area contributed by atoms with E-state index in [9.17, 15) is 19.2 Å². The standard InChI is InChI=1S/C35H30N4O5S2/c1-37(2)24-12-9-21(10-13-24)28-29-30(33(42)39(32(29)41)25-14-16-26(44-3)17-15-25)45-34-31(28)46-35(43)38(34)19-27(40)36-23-11-8-20-6-4-5-7-22(20)18-23/h4-18,28-30H,19H2,1-3H3,(H,36,40)/t28-,29?,30?/m1/s1. The van der Waals surface area contributed by atoms with Crippen molar-refractivity contribution < 1.29 is 19.1 Å². The summed E-state index contributed by atoms with van der Waals surface area (Å²) in [7, 11) is 5.45. The van der Waals surface area contributed by atoms with E-state index in [1.54, 1.807) is 31.4 Å². The maximum absolute atomic E-state index is 14.1. The minimum Gasteiger partial charge on any atom is -0.497 e. The minimum absolute atomic E-state index is 0.224. The first-order valence-corrected chi connectivity index (χ1v) is 16.4. The third-order valence-electron chi connectivity index (χ3n) is 8.48. The molecule has 0 spiro atoms. The van der Waals surface area contributed by atoms with E-state index in [1.165, 1.54) is 21.2 Å². The summed E-state index contributed by atoms with van der Waals surface area (Å²) in [5.74, 6) is -1.68. The van der Waals surface area contributed by atoms with E-state index in [0.29, 0.717) is 27.0 Å². The van der Waals surface area contributed by atoms with E-state index >= 15 is 0 Å². The number of rotatable bonds is 7. The van der Waals surface area contributed by atoms with Crippen LogP contribution >= 0.6 is 23.1 Å². The zero-order valence-corrected chi connectivity index (χ0v) is 26.9. The molecule has 11 heteroatoms. The molecular weight excluding hydrogens is 621 g/mol. The fraction of sp³-hybridized carbons (Fsp3) is 0.200. The van der Waals surface area contributed by atoms with Gasteiger partial charge in [-0.15, -0.1) is 0 Å². The van der Waals surface area contributed by atoms with Gasteiger partial charge in [-0.1, -0.05) is 65.6 Å². The number of hydrogen-bond acceptors (Lipinski definition) is 8. The summed E-state index contributed by atoms with van der Waals surface area (Å²) in [6.45, 7) is -0.224. The molecule has 3 heterocycles. The fourth-order valence-electron chi connectivity index (χ4n) is 6.19. The molecule has 2 unspecified atom stereocenters. The van der Waals surface area contributed by atoms with E-state index in [4.69, 9.17) is 4.74 Å². The van der Waals surface area contributed by atoms with Crippen LogP contribution in [0.5, 0.6) is 5.75 Å². The molecule has 232 valence electrons. The summed E-state index contributed by atoms with van der Waals surface area (Å²) >= 11 is 2.23. The first-order chi connectivity index (χ1) is 22.2. The van der Waals surface area contributed by atoms with Gasteiger partial charge in [-0.3, -0.25) is 23.7 Å². The number of ether oxygens (including phenoxy) is 1. The molecular formula is C35H30N4O5S2. The van der Waals surface area contributed by atoms with Crippen LogP contribution in [0, 0.1) is 5.92 Å². The van der Waals surface area contributed by atoms with Gasteiger partial charge < -0.3 is 15.0 Å². The largest absolute Gasteiger partial charge is 0.497 e. The highest BCUT2D eigenvalue weighted by atomic mass is 32.2. The first kappa shape index (κ1) is 29.8. The Balaban J connectivity index is 1.26. The Bertz CT molecular complexity index is 2050. The van der Waals surface area contributed by atoms with Crippen molar-refractivity contribution in [1.29, 1.82) is 0 Å². The van der Waals surface area contributed by atoms with Gasteiger partial charge in [-0.25, -0.2) is 4.90 Å². The number of nitrogens with one attached hydrogen (secondary N) is 1. The quantitative estimate of drug-likeness (QED) is 0.230. The van der Waals surface area contributed by atoms with Crippen LogP contribution in [0.15, 0.2) is 101 Å². The predicted octanol–water partition coefficient (Wildman–Crippen LogP) is 5.57. The summed E-state index contributed by atoms with van der Waals surface area (Å²) in [6.07, 6.45) is 0. The Labute approximate surface area is 273 Å². The van der Waals surface area contributed by atoms with Gasteiger partial charge in [0.2, 0.25) is 17.7 Å². The molecule has 1 N–H and O–H groups in total. The van der Waals surface area contributed by atoms with Crippen molar-refractivity contribution in [3.63, 3.8) is 0 Å². The third-order valence-corrected chi connectivity index (χ3v) is 11.1. The van der Waals surface area contributed by atoms with Gasteiger partial charge in [0.25, 0.3) is 0 Å². The average molecular weight is 651 g/mol. The Morgan fingerprint density at radius 1 is 0.891 bits per heavy atom. The Morgan fingerprint density at radius 3 is 2.30 bits per heavy atom. The number of methoxy groups -OCH3 is 1. The van der Waals surface area contributed by atoms with E-state index < -0.39 is 17.1 Å². The number of aromatic nitrogens is 1. The zero-order chi connectivity index (χ0) is 32.1. The van der Waals surface area contributed by atoms with Gasteiger partial charge in [0, 0.05) is 36.3 Å². The number of thiazole rings is 1. The van der Waals surface area contributed by atoms with E-state index in [1.807, 2.05) is 85.7 Å². The van der Waals surface area contributed by atoms with Crippen molar-refractivity contribution in [3.05, 3.63) is 111 Å². The molecule has 2 aliphatic rings. The molecule has 9 nitrogen and oxygen atoms in total. The summed E-state index contributed by atoms with van der Waals surface area (Å²) in [6, 6.07) is 28.2. The average Bonchev–Trinajstić information content (AvgIpc) is 3.50. The van der Waals surface area contributed by atoms with Crippen LogP contribution < -0.4 is 24.7 Å². The molecule has 2 aliphatic heterocycles. The third kappa shape index (κ3) is 5.15. The normalized spacial score (nSPS) is 18.8. The molecule has 3 amide bonds. The molecule has 7 rings (SSSR count). The molecule has 1 fully saturated rings. The number of amides is 3. The summed E-state index contributed by atoms with van der Waals surface area (Å²) in [4.78, 5) is 58.6. The lowest BCUT2D eigenvalue weighted by molar-refractivity contribution is -0.122. The number of nitrogens with zero attached hydrogens (tertiary/aromatic N) is 3. The number of thioether (sulfide) groups is 1. The maximum atomic E-state index is 14.1. The van der Waals surface area contributed by atoms with E-state index in [-0.39, 0.29) is 29.1 Å². The van der Waals surface area contributed by atoms with Crippen LogP contribution in [0.1, 0.15) is 16.4 Å². The van der Waals surface area contributed by atoms with Crippen molar-refractivity contribution in [1.82, 2.24) is 4.57 Å². The molecule has 0 aliphatic carbocycles. The molecule has 3 atom stereocenters. The number of fused-ring (bicyclic) bond motifs is 3. The smallest absolute Gasteiger partial charge is 0.308 e. The van der Waals surface area contributed by atoms with Crippen LogP contribution in [0.2, 0.25) is 0 Å². The second kappa shape index (κ2) is 11.8. The van der Waals surface area contributed by atoms with Crippen molar-refractivity contribution in [3.8, 4) is 5.75 Å². The highest BCUT2D eigenvalue weighted by Gasteiger charge is 2.56. The molecule has 46 heavy (non-hydrogen) atoms. The topological polar surface area (TPSA) is 101 Å². The highest BCUT2D eigenvalue weighted by molar-refractivity contribution is 8.00. The maximum Gasteiger partial charge on any atom is 0.308 e. The first-order valence-electron chi connectivity index (χ1n) is 14.7. The summed E-state index contributed by atoms with van der Waals surface area (Å²) in [5.41, 5.74) is 2.89. The Morgan fingerprint density at radius 2 is 1.61 bits per heavy atom. The van der Waals surface area contributed by atoms with E-state index in [0.717, 1.165) is 33.4 Å². The van der Waals surface area contributed by atoms with Crippen molar-refractivity contribution in [2.75, 3.05) is 36.3 Å². The lowest BCUT2D eigenvalue weighted by Gasteiger charge is -2.31. The minimum atomic E-state index is -0.774. The van der Waals surface area contributed by atoms with Gasteiger partial charge in [0.05, 0.1) is 23.7 Å². The van der Waals surface area contributed by atoms with Gasteiger partial charge >= 0.3 is 4.87 Å². The second-order valence-electron chi connectivity index (χ2n) is 11.5. The Hall–Kier alpha value is -4.87. The lowest BCUT2D eigenvalue weighted by Crippen LogP contribution is -2.33. The van der Waals surface area contributed by atoms with Crippen LogP contribution in [0.4, 0.5) is 17.1 Å². The molecule has 4 aromatic carbocycles. The number of imide groups is 1. The number of carbonyl (C=O) groups is 3. The van der Waals surface area contributed by atoms with Crippen molar-refractivity contribution >= 4 is 68.7 Å². The van der Waals surface area contributed by atoms with Crippen LogP contribution in [-0.4, -0.2) is 48.7 Å². The summed E-state index contributed by atoms with van der Waals surface area (Å²) < 4.78 is 6.70. The zero-order valence-electron chi connectivity index (χ0n) is 25.3. The van der Waals surface area contributed by atoms with Gasteiger partial charge in [-0.2, -0.15) is 0 Å². The molecule has 0 saturated carbocycles.